The standard InChI is InChI=1S/C10H13F3SSi/c1-15(2,3)10(12,13)14-9-6-4-8(11)5-7-9/h4-7H,1-3H3. The first-order valence-corrected chi connectivity index (χ1v) is 8.86. The van der Waals surface area contributed by atoms with Crippen LogP contribution in [0.5, 0.6) is 0 Å². The number of thioether (sulfide) groups is 1. The number of alkyl halides is 2. The minimum atomic E-state index is -2.73. The van der Waals surface area contributed by atoms with Crippen LogP contribution < -0.4 is 0 Å². The molecule has 0 nitrogen and oxygen atoms in total. The first-order valence-electron chi connectivity index (χ1n) is 4.55. The van der Waals surface area contributed by atoms with Gasteiger partial charge in [-0.1, -0.05) is 31.4 Å². The summed E-state index contributed by atoms with van der Waals surface area (Å²) in [6.45, 7) is 4.84. The lowest BCUT2D eigenvalue weighted by molar-refractivity contribution is 0.188. The van der Waals surface area contributed by atoms with Crippen molar-refractivity contribution >= 4 is 19.8 Å². The van der Waals surface area contributed by atoms with Gasteiger partial charge < -0.3 is 0 Å². The largest absolute Gasteiger partial charge is 0.276 e. The third kappa shape index (κ3) is 3.27. The molecule has 0 saturated heterocycles. The van der Waals surface area contributed by atoms with Gasteiger partial charge in [0.05, 0.1) is 0 Å². The van der Waals surface area contributed by atoms with E-state index in [1.807, 2.05) is 0 Å². The van der Waals surface area contributed by atoms with Gasteiger partial charge in [-0.25, -0.2) is 4.39 Å². The van der Waals surface area contributed by atoms with Crippen LogP contribution in [0.2, 0.25) is 19.6 Å². The average Bonchev–Trinajstić information content (AvgIpc) is 2.06. The molecule has 1 aromatic carbocycles. The van der Waals surface area contributed by atoms with Gasteiger partial charge in [0.2, 0.25) is 0 Å². The van der Waals surface area contributed by atoms with E-state index in [4.69, 9.17) is 0 Å². The molecule has 0 aliphatic rings. The fraction of sp³-hybridized carbons (Fsp3) is 0.400. The van der Waals surface area contributed by atoms with Gasteiger partial charge in [0.15, 0.2) is 0 Å². The molecular formula is C10H13F3SSi. The molecule has 0 aliphatic heterocycles. The second-order valence-electron chi connectivity index (χ2n) is 4.32. The van der Waals surface area contributed by atoms with E-state index < -0.39 is 18.8 Å². The number of hydrogen-bond donors (Lipinski definition) is 0. The Morgan fingerprint density at radius 2 is 1.53 bits per heavy atom. The summed E-state index contributed by atoms with van der Waals surface area (Å²) in [6, 6.07) is 5.16. The summed E-state index contributed by atoms with van der Waals surface area (Å²) in [5.41, 5.74) is 0. The van der Waals surface area contributed by atoms with Crippen molar-refractivity contribution < 1.29 is 13.2 Å². The monoisotopic (exact) mass is 250 g/mol. The molecule has 0 bridgehead atoms. The van der Waals surface area contributed by atoms with Crippen LogP contribution in [0.3, 0.4) is 0 Å². The van der Waals surface area contributed by atoms with Crippen LogP contribution in [0.15, 0.2) is 29.2 Å². The highest BCUT2D eigenvalue weighted by atomic mass is 32.2. The number of rotatable bonds is 3. The average molecular weight is 250 g/mol. The molecule has 0 N–H and O–H groups in total. The van der Waals surface area contributed by atoms with Crippen LogP contribution in [-0.2, 0) is 0 Å². The first-order chi connectivity index (χ1) is 6.72. The van der Waals surface area contributed by atoms with Crippen molar-refractivity contribution in [3.8, 4) is 0 Å². The van der Waals surface area contributed by atoms with E-state index in [1.54, 1.807) is 19.6 Å². The van der Waals surface area contributed by atoms with E-state index in [9.17, 15) is 13.2 Å². The smallest absolute Gasteiger partial charge is 0.207 e. The van der Waals surface area contributed by atoms with Gasteiger partial charge in [-0.2, -0.15) is 8.78 Å². The fourth-order valence-electron chi connectivity index (χ4n) is 0.804. The second kappa shape index (κ2) is 4.21. The summed E-state index contributed by atoms with van der Waals surface area (Å²) in [6.07, 6.45) is 0. The Labute approximate surface area is 92.9 Å². The molecule has 0 heterocycles. The molecule has 0 fully saturated rings. The summed E-state index contributed by atoms with van der Waals surface area (Å²) >= 11 is 0.523. The Morgan fingerprint density at radius 3 is 1.93 bits per heavy atom. The van der Waals surface area contributed by atoms with Gasteiger partial charge >= 0.3 is 0 Å². The van der Waals surface area contributed by atoms with Crippen LogP contribution in [0.1, 0.15) is 0 Å². The van der Waals surface area contributed by atoms with E-state index in [-0.39, 0.29) is 0 Å². The lowest BCUT2D eigenvalue weighted by atomic mass is 10.4. The molecule has 15 heavy (non-hydrogen) atoms. The molecule has 0 saturated carbocycles. The van der Waals surface area contributed by atoms with Crippen molar-refractivity contribution in [1.29, 1.82) is 0 Å². The molecule has 0 radical (unpaired) electrons. The minimum Gasteiger partial charge on any atom is -0.207 e. The molecule has 0 aromatic heterocycles. The quantitative estimate of drug-likeness (QED) is 0.566. The Balaban J connectivity index is 2.82. The van der Waals surface area contributed by atoms with Gasteiger partial charge in [0, 0.05) is 4.90 Å². The fourth-order valence-corrected chi connectivity index (χ4v) is 2.95. The Morgan fingerprint density at radius 1 is 1.07 bits per heavy atom. The predicted molar refractivity (Wildman–Crippen MR) is 60.6 cm³/mol. The van der Waals surface area contributed by atoms with Gasteiger partial charge in [0.25, 0.3) is 4.88 Å². The molecule has 0 unspecified atom stereocenters. The third-order valence-electron chi connectivity index (χ3n) is 1.93. The Hall–Kier alpha value is -0.423. The van der Waals surface area contributed by atoms with Crippen LogP contribution >= 0.6 is 11.8 Å². The van der Waals surface area contributed by atoms with Crippen molar-refractivity contribution in [2.75, 3.05) is 0 Å². The zero-order valence-electron chi connectivity index (χ0n) is 8.85. The summed E-state index contributed by atoms with van der Waals surface area (Å²) in [4.78, 5) is -2.33. The summed E-state index contributed by atoms with van der Waals surface area (Å²) in [5, 5.41) is 0. The van der Waals surface area contributed by atoms with Gasteiger partial charge in [-0.05, 0) is 24.3 Å². The Bertz CT molecular complexity index is 330. The highest BCUT2D eigenvalue weighted by molar-refractivity contribution is 8.02. The van der Waals surface area contributed by atoms with Crippen molar-refractivity contribution in [2.45, 2.75) is 29.4 Å². The maximum absolute atomic E-state index is 13.6. The van der Waals surface area contributed by atoms with Crippen LogP contribution in [0, 0.1) is 5.82 Å². The van der Waals surface area contributed by atoms with Gasteiger partial charge in [-0.15, -0.1) is 0 Å². The lowest BCUT2D eigenvalue weighted by Crippen LogP contribution is -2.42. The summed E-state index contributed by atoms with van der Waals surface area (Å²) < 4.78 is 39.9. The Kier molecular flexibility index (Phi) is 3.55. The van der Waals surface area contributed by atoms with Crippen molar-refractivity contribution in [2.24, 2.45) is 0 Å². The zero-order chi connectivity index (χ0) is 11.7. The van der Waals surface area contributed by atoms with Gasteiger partial charge in [-0.3, -0.25) is 0 Å². The molecule has 0 amide bonds. The second-order valence-corrected chi connectivity index (χ2v) is 11.0. The van der Waals surface area contributed by atoms with E-state index in [1.165, 1.54) is 24.3 Å². The summed E-state index contributed by atoms with van der Waals surface area (Å²) in [5.74, 6) is -0.407. The maximum atomic E-state index is 13.6. The summed E-state index contributed by atoms with van der Waals surface area (Å²) in [7, 11) is -2.55. The molecule has 0 aliphatic carbocycles. The van der Waals surface area contributed by atoms with Crippen LogP contribution in [-0.4, -0.2) is 13.0 Å². The van der Waals surface area contributed by atoms with Crippen molar-refractivity contribution in [3.05, 3.63) is 30.1 Å². The maximum Gasteiger partial charge on any atom is 0.276 e. The molecule has 1 rings (SSSR count). The van der Waals surface area contributed by atoms with Crippen LogP contribution in [0.4, 0.5) is 13.2 Å². The highest BCUT2D eigenvalue weighted by Gasteiger charge is 2.45. The number of benzene rings is 1. The molecular weight excluding hydrogens is 237 g/mol. The predicted octanol–water partition coefficient (Wildman–Crippen LogP) is 4.39. The van der Waals surface area contributed by atoms with Crippen LogP contribution in [0.25, 0.3) is 0 Å². The van der Waals surface area contributed by atoms with E-state index in [2.05, 4.69) is 0 Å². The zero-order valence-corrected chi connectivity index (χ0v) is 10.7. The van der Waals surface area contributed by atoms with Crippen molar-refractivity contribution in [1.82, 2.24) is 0 Å². The highest BCUT2D eigenvalue weighted by Crippen LogP contribution is 2.42. The molecule has 5 heteroatoms. The minimum absolute atomic E-state index is 0.406. The molecule has 0 spiro atoms. The first kappa shape index (κ1) is 12.6. The normalized spacial score (nSPS) is 12.9. The number of halogens is 3. The van der Waals surface area contributed by atoms with E-state index >= 15 is 0 Å². The SMILES string of the molecule is C[Si](C)(C)C(F)(F)Sc1ccc(F)cc1. The number of hydrogen-bond acceptors (Lipinski definition) is 1. The van der Waals surface area contributed by atoms with Crippen molar-refractivity contribution in [3.63, 3.8) is 0 Å². The van der Waals surface area contributed by atoms with Gasteiger partial charge in [0.1, 0.15) is 13.9 Å². The third-order valence-corrected chi connectivity index (χ3v) is 6.59. The van der Waals surface area contributed by atoms with E-state index in [0.29, 0.717) is 16.7 Å². The van der Waals surface area contributed by atoms with E-state index in [0.717, 1.165) is 0 Å². The topological polar surface area (TPSA) is 0 Å². The molecule has 1 aromatic rings. The molecule has 84 valence electrons. The molecule has 0 atom stereocenters. The lowest BCUT2D eigenvalue weighted by Gasteiger charge is -2.27.